The number of nitrogens with two attached hydrogens (primary N) is 1. The smallest absolute Gasteiger partial charge is 0.240 e. The zero-order valence-corrected chi connectivity index (χ0v) is 14.2. The van der Waals surface area contributed by atoms with Crippen LogP contribution >= 0.6 is 0 Å². The quantitative estimate of drug-likeness (QED) is 0.690. The molecule has 0 radical (unpaired) electrons. The monoisotopic (exact) mass is 370 g/mol. The highest BCUT2D eigenvalue weighted by molar-refractivity contribution is 5.87. The number of primary amides is 1. The molecule has 138 valence electrons. The number of nitrogens with one attached hydrogen (secondary N) is 1. The number of carbonyl (C=O) groups excluding carboxylic acids is 2. The summed E-state index contributed by atoms with van der Waals surface area (Å²) in [6.07, 6.45) is 1.20. The van der Waals surface area contributed by atoms with E-state index in [1.807, 2.05) is 12.1 Å². The van der Waals surface area contributed by atoms with Crippen molar-refractivity contribution in [2.45, 2.75) is 18.9 Å². The van der Waals surface area contributed by atoms with E-state index in [4.69, 9.17) is 5.73 Å². The Labute approximate surface area is 153 Å². The molecule has 2 amide bonds. The standard InChI is InChI=1S/C19H16F2N4O2/c20-12-6-5-11(14(21)8-12)7-18(26)25-17(19(22)27)9-13-10-23-15-3-1-2-4-16(15)24-13/h1-6,8,10,17H,7,9H2,(H2,22,27)(H,25,26)/t17-/m1/s1. The summed E-state index contributed by atoms with van der Waals surface area (Å²) < 4.78 is 26.6. The number of hydrogen-bond acceptors (Lipinski definition) is 4. The van der Waals surface area contributed by atoms with Crippen LogP contribution in [0.2, 0.25) is 0 Å². The van der Waals surface area contributed by atoms with Crippen molar-refractivity contribution in [1.29, 1.82) is 0 Å². The maximum Gasteiger partial charge on any atom is 0.240 e. The first-order chi connectivity index (χ1) is 12.9. The molecule has 0 bridgehead atoms. The van der Waals surface area contributed by atoms with Gasteiger partial charge < -0.3 is 11.1 Å². The van der Waals surface area contributed by atoms with E-state index < -0.39 is 29.5 Å². The van der Waals surface area contributed by atoms with Gasteiger partial charge in [-0.05, 0) is 23.8 Å². The predicted molar refractivity (Wildman–Crippen MR) is 94.4 cm³/mol. The number of rotatable bonds is 6. The summed E-state index contributed by atoms with van der Waals surface area (Å²) in [5, 5.41) is 2.46. The van der Waals surface area contributed by atoms with Gasteiger partial charge in [-0.2, -0.15) is 0 Å². The number of amides is 2. The summed E-state index contributed by atoms with van der Waals surface area (Å²) in [7, 11) is 0. The Hall–Kier alpha value is -3.42. The van der Waals surface area contributed by atoms with Gasteiger partial charge in [-0.15, -0.1) is 0 Å². The lowest BCUT2D eigenvalue weighted by Crippen LogP contribution is -2.46. The number of fused-ring (bicyclic) bond motifs is 1. The van der Waals surface area contributed by atoms with Gasteiger partial charge in [0.2, 0.25) is 11.8 Å². The van der Waals surface area contributed by atoms with Gasteiger partial charge in [0.15, 0.2) is 0 Å². The van der Waals surface area contributed by atoms with Crippen molar-refractivity contribution in [2.75, 3.05) is 0 Å². The molecule has 3 aromatic rings. The number of nitrogens with zero attached hydrogens (tertiary/aromatic N) is 2. The van der Waals surface area contributed by atoms with Gasteiger partial charge >= 0.3 is 0 Å². The van der Waals surface area contributed by atoms with Crippen LogP contribution in [0.3, 0.4) is 0 Å². The molecule has 0 saturated carbocycles. The minimum Gasteiger partial charge on any atom is -0.368 e. The first-order valence-corrected chi connectivity index (χ1v) is 8.15. The summed E-state index contributed by atoms with van der Waals surface area (Å²) in [6, 6.07) is 9.12. The highest BCUT2D eigenvalue weighted by Crippen LogP contribution is 2.12. The largest absolute Gasteiger partial charge is 0.368 e. The number of carbonyl (C=O) groups is 2. The Bertz CT molecular complexity index is 1010. The Morgan fingerprint density at radius 2 is 1.85 bits per heavy atom. The van der Waals surface area contributed by atoms with Gasteiger partial charge in [0, 0.05) is 18.7 Å². The van der Waals surface area contributed by atoms with Gasteiger partial charge in [0.1, 0.15) is 17.7 Å². The summed E-state index contributed by atoms with van der Waals surface area (Å²) in [6.45, 7) is 0. The lowest BCUT2D eigenvalue weighted by molar-refractivity contribution is -0.127. The Kier molecular flexibility index (Phi) is 5.35. The lowest BCUT2D eigenvalue weighted by atomic mass is 10.1. The van der Waals surface area contributed by atoms with Gasteiger partial charge in [-0.1, -0.05) is 18.2 Å². The van der Waals surface area contributed by atoms with Crippen LogP contribution in [-0.2, 0) is 22.4 Å². The first-order valence-electron chi connectivity index (χ1n) is 8.15. The molecule has 0 aliphatic heterocycles. The normalized spacial score (nSPS) is 11.9. The zero-order chi connectivity index (χ0) is 19.4. The number of para-hydroxylation sites is 2. The third-order valence-corrected chi connectivity index (χ3v) is 3.96. The molecule has 3 rings (SSSR count). The molecule has 2 aromatic carbocycles. The fraction of sp³-hybridized carbons (Fsp3) is 0.158. The Morgan fingerprint density at radius 3 is 2.56 bits per heavy atom. The maximum atomic E-state index is 13.7. The average molecular weight is 370 g/mol. The van der Waals surface area contributed by atoms with Crippen LogP contribution in [0.15, 0.2) is 48.7 Å². The first kappa shape index (κ1) is 18.4. The van der Waals surface area contributed by atoms with Gasteiger partial charge in [0.25, 0.3) is 0 Å². The van der Waals surface area contributed by atoms with E-state index in [0.717, 1.165) is 6.07 Å². The highest BCUT2D eigenvalue weighted by Gasteiger charge is 2.20. The number of aromatic nitrogens is 2. The second-order valence-electron chi connectivity index (χ2n) is 5.99. The summed E-state index contributed by atoms with van der Waals surface area (Å²) >= 11 is 0. The van der Waals surface area contributed by atoms with Crippen LogP contribution in [-0.4, -0.2) is 27.8 Å². The molecule has 1 atom stereocenters. The van der Waals surface area contributed by atoms with Crippen molar-refractivity contribution in [1.82, 2.24) is 15.3 Å². The van der Waals surface area contributed by atoms with E-state index in [0.29, 0.717) is 22.8 Å². The van der Waals surface area contributed by atoms with Crippen molar-refractivity contribution in [3.63, 3.8) is 0 Å². The van der Waals surface area contributed by atoms with Crippen LogP contribution in [0.5, 0.6) is 0 Å². The zero-order valence-electron chi connectivity index (χ0n) is 14.2. The van der Waals surface area contributed by atoms with Crippen LogP contribution < -0.4 is 11.1 Å². The maximum absolute atomic E-state index is 13.7. The van der Waals surface area contributed by atoms with E-state index in [1.54, 1.807) is 12.1 Å². The van der Waals surface area contributed by atoms with Crippen LogP contribution in [0.4, 0.5) is 8.78 Å². The summed E-state index contributed by atoms with van der Waals surface area (Å²) in [5.74, 6) is -2.93. The number of benzene rings is 2. The molecule has 0 saturated heterocycles. The molecular weight excluding hydrogens is 354 g/mol. The van der Waals surface area contributed by atoms with Crippen molar-refractivity contribution >= 4 is 22.8 Å². The molecule has 6 nitrogen and oxygen atoms in total. The molecule has 0 spiro atoms. The second-order valence-corrected chi connectivity index (χ2v) is 5.99. The fourth-order valence-electron chi connectivity index (χ4n) is 2.61. The summed E-state index contributed by atoms with van der Waals surface area (Å²) in [5.41, 5.74) is 7.21. The Balaban J connectivity index is 1.71. The molecule has 8 heteroatoms. The predicted octanol–water partition coefficient (Wildman–Crippen LogP) is 1.66. The SMILES string of the molecule is NC(=O)[C@@H](Cc1cnc2ccccc2n1)NC(=O)Cc1ccc(F)cc1F. The molecular formula is C19H16F2N4O2. The minimum atomic E-state index is -1.03. The van der Waals surface area contributed by atoms with Crippen LogP contribution in [0, 0.1) is 11.6 Å². The molecule has 0 unspecified atom stereocenters. The van der Waals surface area contributed by atoms with E-state index >= 15 is 0 Å². The highest BCUT2D eigenvalue weighted by atomic mass is 19.1. The van der Waals surface area contributed by atoms with E-state index in [1.165, 1.54) is 12.3 Å². The van der Waals surface area contributed by atoms with Crippen molar-refractivity contribution in [3.05, 3.63) is 71.6 Å². The van der Waals surface area contributed by atoms with Crippen molar-refractivity contribution in [2.24, 2.45) is 5.73 Å². The molecule has 1 aromatic heterocycles. The molecule has 1 heterocycles. The van der Waals surface area contributed by atoms with Gasteiger partial charge in [0.05, 0.1) is 23.1 Å². The third-order valence-electron chi connectivity index (χ3n) is 3.96. The lowest BCUT2D eigenvalue weighted by Gasteiger charge is -2.15. The molecule has 0 aliphatic carbocycles. The minimum absolute atomic E-state index is 0.0163. The van der Waals surface area contributed by atoms with Crippen molar-refractivity contribution < 1.29 is 18.4 Å². The van der Waals surface area contributed by atoms with Gasteiger partial charge in [-0.3, -0.25) is 14.6 Å². The average Bonchev–Trinajstić information content (AvgIpc) is 2.63. The topological polar surface area (TPSA) is 98.0 Å². The van der Waals surface area contributed by atoms with E-state index in [-0.39, 0.29) is 18.4 Å². The molecule has 27 heavy (non-hydrogen) atoms. The third kappa shape index (κ3) is 4.60. The van der Waals surface area contributed by atoms with Crippen molar-refractivity contribution in [3.8, 4) is 0 Å². The molecule has 0 fully saturated rings. The van der Waals surface area contributed by atoms with E-state index in [9.17, 15) is 18.4 Å². The Morgan fingerprint density at radius 1 is 1.11 bits per heavy atom. The van der Waals surface area contributed by atoms with Gasteiger partial charge in [-0.25, -0.2) is 13.8 Å². The van der Waals surface area contributed by atoms with Crippen LogP contribution in [0.1, 0.15) is 11.3 Å². The summed E-state index contributed by atoms with van der Waals surface area (Å²) in [4.78, 5) is 32.5. The van der Waals surface area contributed by atoms with Crippen LogP contribution in [0.25, 0.3) is 11.0 Å². The fourth-order valence-corrected chi connectivity index (χ4v) is 2.61. The number of hydrogen-bond donors (Lipinski definition) is 2. The molecule has 3 N–H and O–H groups in total. The van der Waals surface area contributed by atoms with E-state index in [2.05, 4.69) is 15.3 Å². The number of halogens is 2. The molecule has 0 aliphatic rings. The second kappa shape index (κ2) is 7.86.